The van der Waals surface area contributed by atoms with Crippen molar-refractivity contribution < 1.29 is 14.4 Å². The Labute approximate surface area is 212 Å². The second kappa shape index (κ2) is 11.1. The molecule has 1 aliphatic heterocycles. The fourth-order valence-corrected chi connectivity index (χ4v) is 5.53. The van der Waals surface area contributed by atoms with Crippen molar-refractivity contribution in [3.8, 4) is 0 Å². The number of nitrogen functional groups attached to an aromatic ring is 1. The van der Waals surface area contributed by atoms with Gasteiger partial charge in [-0.15, -0.1) is 0 Å². The molecule has 2 aromatic heterocycles. The third kappa shape index (κ3) is 5.37. The largest absolute Gasteiger partial charge is 0.384 e. The molecule has 2 aliphatic rings. The predicted molar refractivity (Wildman–Crippen MR) is 137 cm³/mol. The van der Waals surface area contributed by atoms with Crippen molar-refractivity contribution in [3.05, 3.63) is 36.2 Å². The summed E-state index contributed by atoms with van der Waals surface area (Å²) in [6, 6.07) is 3.78. The first-order chi connectivity index (χ1) is 17.3. The second-order valence-electron chi connectivity index (χ2n) is 10.0. The lowest BCUT2D eigenvalue weighted by Crippen LogP contribution is -2.71. The highest BCUT2D eigenvalue weighted by Crippen LogP contribution is 2.34. The molecule has 1 saturated carbocycles. The molecule has 4 rings (SSSR count). The highest BCUT2D eigenvalue weighted by atomic mass is 16.2. The molecule has 2 fully saturated rings. The van der Waals surface area contributed by atoms with Crippen molar-refractivity contribution >= 4 is 29.5 Å². The van der Waals surface area contributed by atoms with Gasteiger partial charge in [0.1, 0.15) is 11.9 Å². The quantitative estimate of drug-likeness (QED) is 0.542. The first-order valence-corrected chi connectivity index (χ1v) is 12.9. The number of likely N-dealkylation sites (tertiary alicyclic amines) is 1. The summed E-state index contributed by atoms with van der Waals surface area (Å²) < 4.78 is 1.60. The lowest BCUT2D eigenvalue weighted by Gasteiger charge is -2.46. The fraction of sp³-hybridized carbons (Fsp3) is 0.577. The zero-order valence-electron chi connectivity index (χ0n) is 21.4. The number of urea groups is 1. The van der Waals surface area contributed by atoms with Crippen LogP contribution >= 0.6 is 0 Å². The number of hydrogen-bond donors (Lipinski definition) is 2. The van der Waals surface area contributed by atoms with Crippen LogP contribution in [0.4, 0.5) is 16.4 Å². The second-order valence-corrected chi connectivity index (χ2v) is 10.0. The van der Waals surface area contributed by atoms with Crippen molar-refractivity contribution in [2.24, 2.45) is 18.9 Å². The van der Waals surface area contributed by atoms with E-state index in [4.69, 9.17) is 5.73 Å². The number of β-lactam (4-membered cyclic amide) rings is 1. The van der Waals surface area contributed by atoms with Crippen LogP contribution in [0.1, 0.15) is 57.4 Å². The number of rotatable bonds is 8. The van der Waals surface area contributed by atoms with Gasteiger partial charge in [-0.2, -0.15) is 5.10 Å². The molecule has 4 amide bonds. The van der Waals surface area contributed by atoms with Crippen molar-refractivity contribution in [1.82, 2.24) is 25.0 Å². The fourth-order valence-electron chi connectivity index (χ4n) is 5.53. The van der Waals surface area contributed by atoms with Gasteiger partial charge in [0, 0.05) is 38.6 Å². The third-order valence-corrected chi connectivity index (χ3v) is 7.49. The van der Waals surface area contributed by atoms with Crippen LogP contribution in [0.25, 0.3) is 0 Å². The van der Waals surface area contributed by atoms with Gasteiger partial charge in [-0.3, -0.25) is 24.1 Å². The molecule has 1 aliphatic carbocycles. The zero-order chi connectivity index (χ0) is 25.8. The van der Waals surface area contributed by atoms with E-state index in [2.05, 4.69) is 22.3 Å². The first-order valence-electron chi connectivity index (χ1n) is 12.9. The number of hydrogen-bond acceptors (Lipinski definition) is 6. The van der Waals surface area contributed by atoms with E-state index < -0.39 is 18.0 Å². The van der Waals surface area contributed by atoms with E-state index in [1.54, 1.807) is 49.4 Å². The molecule has 0 unspecified atom stereocenters. The molecular formula is C26H37N7O3. The predicted octanol–water partition coefficient (Wildman–Crippen LogP) is 2.89. The topological polar surface area (TPSA) is 126 Å². The van der Waals surface area contributed by atoms with Crippen LogP contribution in [0, 0.1) is 11.8 Å². The molecule has 3 atom stereocenters. The maximum atomic E-state index is 13.6. The van der Waals surface area contributed by atoms with Crippen molar-refractivity contribution in [1.29, 1.82) is 0 Å². The van der Waals surface area contributed by atoms with Crippen molar-refractivity contribution in [2.45, 2.75) is 70.4 Å². The Kier molecular flexibility index (Phi) is 7.91. The van der Waals surface area contributed by atoms with Gasteiger partial charge in [0.05, 0.1) is 5.92 Å². The molecule has 10 heteroatoms. The van der Waals surface area contributed by atoms with Crippen LogP contribution in [0.5, 0.6) is 0 Å². The van der Waals surface area contributed by atoms with Crippen LogP contribution in [0.3, 0.4) is 0 Å². The van der Waals surface area contributed by atoms with Crippen LogP contribution in [0.2, 0.25) is 0 Å². The van der Waals surface area contributed by atoms with E-state index >= 15 is 0 Å². The molecule has 194 valence electrons. The van der Waals surface area contributed by atoms with Crippen molar-refractivity contribution in [2.75, 3.05) is 17.7 Å². The summed E-state index contributed by atoms with van der Waals surface area (Å²) in [5.41, 5.74) is 6.62. The molecule has 10 nitrogen and oxygen atoms in total. The number of carbonyl (C=O) groups excluding carboxylic acids is 3. The van der Waals surface area contributed by atoms with Gasteiger partial charge in [-0.1, -0.05) is 32.6 Å². The number of imide groups is 1. The van der Waals surface area contributed by atoms with E-state index in [9.17, 15) is 14.4 Å². The Bertz CT molecular complexity index is 1090. The lowest BCUT2D eigenvalue weighted by atomic mass is 9.81. The lowest BCUT2D eigenvalue weighted by molar-refractivity contribution is -0.156. The summed E-state index contributed by atoms with van der Waals surface area (Å²) in [7, 11) is 3.39. The van der Waals surface area contributed by atoms with Gasteiger partial charge < -0.3 is 11.1 Å². The molecule has 0 bridgehead atoms. The average molecular weight is 496 g/mol. The summed E-state index contributed by atoms with van der Waals surface area (Å²) in [6.07, 6.45) is 11.1. The first kappa shape index (κ1) is 25.7. The average Bonchev–Trinajstić information content (AvgIpc) is 3.31. The number of likely N-dealkylation sites (N-methyl/N-ethyl adjacent to an activating group) is 1. The van der Waals surface area contributed by atoms with E-state index in [0.717, 1.165) is 49.0 Å². The van der Waals surface area contributed by atoms with Crippen LogP contribution in [-0.4, -0.2) is 56.6 Å². The van der Waals surface area contributed by atoms with Gasteiger partial charge in [0.25, 0.3) is 5.91 Å². The highest BCUT2D eigenvalue weighted by Gasteiger charge is 2.55. The minimum absolute atomic E-state index is 0.00100. The summed E-state index contributed by atoms with van der Waals surface area (Å²) in [4.78, 5) is 47.0. The number of aryl methyl sites for hydroxylation is 1. The molecule has 3 N–H and O–H groups in total. The minimum atomic E-state index is -0.924. The summed E-state index contributed by atoms with van der Waals surface area (Å²) >= 11 is 0. The molecule has 2 aromatic rings. The summed E-state index contributed by atoms with van der Waals surface area (Å²) in [6.45, 7) is 2.10. The normalized spacial score (nSPS) is 21.1. The molecule has 3 heterocycles. The van der Waals surface area contributed by atoms with Gasteiger partial charge in [-0.25, -0.2) is 9.78 Å². The van der Waals surface area contributed by atoms with Crippen LogP contribution < -0.4 is 16.0 Å². The number of aromatic nitrogens is 3. The van der Waals surface area contributed by atoms with E-state index in [-0.39, 0.29) is 17.9 Å². The number of anilines is 2. The van der Waals surface area contributed by atoms with E-state index in [0.29, 0.717) is 24.0 Å². The molecule has 0 spiro atoms. The molecule has 36 heavy (non-hydrogen) atoms. The Hall–Kier alpha value is -3.43. The summed E-state index contributed by atoms with van der Waals surface area (Å²) in [5, 5.41) is 7.44. The Morgan fingerprint density at radius 2 is 2.00 bits per heavy atom. The number of pyridine rings is 1. The summed E-state index contributed by atoms with van der Waals surface area (Å²) in [5.74, 6) is -0.164. The number of nitrogens with one attached hydrogen (secondary N) is 1. The van der Waals surface area contributed by atoms with Gasteiger partial charge in [-0.05, 0) is 49.3 Å². The monoisotopic (exact) mass is 495 g/mol. The number of amides is 4. The Morgan fingerprint density at radius 3 is 2.64 bits per heavy atom. The van der Waals surface area contributed by atoms with Gasteiger partial charge in [0.2, 0.25) is 5.91 Å². The maximum absolute atomic E-state index is 13.6. The molecule has 0 aromatic carbocycles. The van der Waals surface area contributed by atoms with Crippen LogP contribution in [-0.2, 0) is 23.1 Å². The SMILES string of the molecule is CCC[C@@H](NC(=O)N1C(=O)[C@H](Cc2ccnc(N)c2)[C@H]1C(=O)N(C)c1ccn(C)n1)C1CCCCC1. The van der Waals surface area contributed by atoms with Crippen LogP contribution in [0.15, 0.2) is 30.6 Å². The third-order valence-electron chi connectivity index (χ3n) is 7.49. The van der Waals surface area contributed by atoms with Gasteiger partial charge in [0.15, 0.2) is 5.82 Å². The number of carbonyl (C=O) groups is 3. The molecular weight excluding hydrogens is 458 g/mol. The minimum Gasteiger partial charge on any atom is -0.384 e. The van der Waals surface area contributed by atoms with Crippen molar-refractivity contribution in [3.63, 3.8) is 0 Å². The molecule has 1 saturated heterocycles. The Balaban J connectivity index is 1.56. The van der Waals surface area contributed by atoms with Gasteiger partial charge >= 0.3 is 6.03 Å². The van der Waals surface area contributed by atoms with E-state index in [1.807, 2.05) is 0 Å². The number of nitrogens with zero attached hydrogens (tertiary/aromatic N) is 5. The smallest absolute Gasteiger partial charge is 0.325 e. The maximum Gasteiger partial charge on any atom is 0.325 e. The molecule has 0 radical (unpaired) electrons. The van der Waals surface area contributed by atoms with E-state index in [1.165, 1.54) is 11.3 Å². The Morgan fingerprint density at radius 1 is 1.25 bits per heavy atom. The standard InChI is InChI=1S/C26H37N7O3/c1-4-8-20(18-9-6-5-7-10-18)29-26(36)33-23(25(35)32(3)22-12-14-31(2)30-22)19(24(33)34)15-17-11-13-28-21(27)16-17/h11-14,16,18-20,23H,4-10,15H2,1-3H3,(H2,27,28)(H,29,36)/t19-,20-,23+/m1/s1. The highest BCUT2D eigenvalue weighted by molar-refractivity contribution is 6.12. The number of nitrogens with two attached hydrogens (primary N) is 1. The zero-order valence-corrected chi connectivity index (χ0v) is 21.4.